The Kier molecular flexibility index (Phi) is 7.75. The van der Waals surface area contributed by atoms with Crippen LogP contribution in [-0.4, -0.2) is 43.0 Å². The molecule has 1 aliphatic rings. The van der Waals surface area contributed by atoms with Gasteiger partial charge in [-0.1, -0.05) is 36.4 Å². The minimum Gasteiger partial charge on any atom is -0.406 e. The van der Waals surface area contributed by atoms with Crippen molar-refractivity contribution in [3.05, 3.63) is 65.2 Å². The second-order valence-corrected chi connectivity index (χ2v) is 7.48. The van der Waals surface area contributed by atoms with Crippen molar-refractivity contribution in [1.29, 1.82) is 0 Å². The van der Waals surface area contributed by atoms with Crippen molar-refractivity contribution in [3.8, 4) is 5.75 Å². The number of guanidine groups is 1. The number of nitrogens with two attached hydrogens (primary N) is 1. The highest BCUT2D eigenvalue weighted by molar-refractivity contribution is 5.77. The number of halogens is 3. The van der Waals surface area contributed by atoms with Gasteiger partial charge in [0, 0.05) is 26.2 Å². The summed E-state index contributed by atoms with van der Waals surface area (Å²) < 4.78 is 46.0. The average molecular weight is 436 g/mol. The minimum absolute atomic E-state index is 0.251. The van der Waals surface area contributed by atoms with Crippen LogP contribution in [0.15, 0.2) is 53.5 Å². The Hall–Kier alpha value is -2.78. The predicted molar refractivity (Wildman–Crippen MR) is 112 cm³/mol. The summed E-state index contributed by atoms with van der Waals surface area (Å²) in [4.78, 5) is 6.72. The van der Waals surface area contributed by atoms with E-state index in [1.807, 2.05) is 12.1 Å². The Labute approximate surface area is 179 Å². The number of aliphatic imine (C=N–C) groups is 1. The van der Waals surface area contributed by atoms with Gasteiger partial charge in [0.15, 0.2) is 5.96 Å². The van der Waals surface area contributed by atoms with Gasteiger partial charge in [0.1, 0.15) is 5.75 Å². The van der Waals surface area contributed by atoms with Crippen molar-refractivity contribution >= 4 is 5.96 Å². The third-order valence-electron chi connectivity index (χ3n) is 4.79. The Morgan fingerprint density at radius 3 is 2.65 bits per heavy atom. The van der Waals surface area contributed by atoms with Crippen LogP contribution in [0.1, 0.15) is 23.6 Å². The summed E-state index contributed by atoms with van der Waals surface area (Å²) in [5, 5.41) is 2.96. The molecule has 31 heavy (non-hydrogen) atoms. The fraction of sp³-hybridized carbons (Fsp3) is 0.409. The van der Waals surface area contributed by atoms with Gasteiger partial charge < -0.3 is 20.5 Å². The van der Waals surface area contributed by atoms with Crippen LogP contribution in [-0.2, 0) is 24.4 Å². The van der Waals surface area contributed by atoms with Crippen molar-refractivity contribution in [2.24, 2.45) is 10.7 Å². The zero-order chi connectivity index (χ0) is 22.3. The number of nitrogens with one attached hydrogen (secondary N) is 1. The summed E-state index contributed by atoms with van der Waals surface area (Å²) in [6.45, 7) is 6.33. The van der Waals surface area contributed by atoms with E-state index in [1.165, 1.54) is 29.8 Å². The number of rotatable bonds is 7. The van der Waals surface area contributed by atoms with Crippen LogP contribution in [0, 0.1) is 0 Å². The number of benzene rings is 2. The average Bonchev–Trinajstić information content (AvgIpc) is 2.71. The van der Waals surface area contributed by atoms with Crippen molar-refractivity contribution in [3.63, 3.8) is 0 Å². The fourth-order valence-corrected chi connectivity index (χ4v) is 3.35. The van der Waals surface area contributed by atoms with Crippen LogP contribution in [0.5, 0.6) is 5.75 Å². The van der Waals surface area contributed by atoms with Crippen molar-refractivity contribution in [1.82, 2.24) is 10.2 Å². The highest BCUT2D eigenvalue weighted by Crippen LogP contribution is 2.22. The molecule has 1 atom stereocenters. The molecule has 2 aromatic carbocycles. The molecule has 168 valence electrons. The minimum atomic E-state index is -4.70. The van der Waals surface area contributed by atoms with E-state index in [0.29, 0.717) is 13.1 Å². The van der Waals surface area contributed by atoms with Gasteiger partial charge in [-0.15, -0.1) is 13.2 Å². The van der Waals surface area contributed by atoms with Gasteiger partial charge in [0.2, 0.25) is 0 Å². The van der Waals surface area contributed by atoms with Gasteiger partial charge in [0.05, 0.1) is 19.3 Å². The first-order valence-corrected chi connectivity index (χ1v) is 10.1. The molecule has 1 heterocycles. The third-order valence-corrected chi connectivity index (χ3v) is 4.79. The first-order chi connectivity index (χ1) is 14.8. The molecule has 3 N–H and O–H groups in total. The van der Waals surface area contributed by atoms with Crippen LogP contribution in [0.25, 0.3) is 0 Å². The van der Waals surface area contributed by atoms with E-state index in [2.05, 4.69) is 39.0 Å². The largest absolute Gasteiger partial charge is 0.573 e. The lowest BCUT2D eigenvalue weighted by atomic mass is 10.1. The molecule has 1 unspecified atom stereocenters. The summed E-state index contributed by atoms with van der Waals surface area (Å²) in [5.74, 6) is 0.00679. The third kappa shape index (κ3) is 8.10. The topological polar surface area (TPSA) is 72.1 Å². The number of hydrogen-bond acceptors (Lipinski definition) is 4. The molecule has 2 aromatic rings. The number of ether oxygens (including phenoxy) is 2. The summed E-state index contributed by atoms with van der Waals surface area (Å²) in [6, 6.07) is 13.8. The van der Waals surface area contributed by atoms with Crippen molar-refractivity contribution in [2.75, 3.05) is 19.7 Å². The van der Waals surface area contributed by atoms with Crippen LogP contribution in [0.3, 0.4) is 0 Å². The molecule has 9 heteroatoms. The van der Waals surface area contributed by atoms with Crippen molar-refractivity contribution in [2.45, 2.75) is 39.0 Å². The first kappa shape index (κ1) is 22.9. The van der Waals surface area contributed by atoms with Gasteiger partial charge in [-0.25, -0.2) is 4.99 Å². The number of alkyl halides is 3. The number of morpholine rings is 1. The van der Waals surface area contributed by atoms with Gasteiger partial charge in [-0.05, 0) is 35.7 Å². The Balaban J connectivity index is 1.48. The summed E-state index contributed by atoms with van der Waals surface area (Å²) in [6.07, 6.45) is -4.45. The van der Waals surface area contributed by atoms with E-state index >= 15 is 0 Å². The molecule has 0 bridgehead atoms. The van der Waals surface area contributed by atoms with Gasteiger partial charge in [-0.2, -0.15) is 0 Å². The zero-order valence-electron chi connectivity index (χ0n) is 17.4. The molecular formula is C22H27F3N4O2. The van der Waals surface area contributed by atoms with E-state index in [9.17, 15) is 13.2 Å². The molecule has 0 amide bonds. The number of nitrogens with zero attached hydrogens (tertiary/aromatic N) is 2. The van der Waals surface area contributed by atoms with Crippen LogP contribution < -0.4 is 15.8 Å². The molecule has 0 spiro atoms. The molecule has 1 fully saturated rings. The fourth-order valence-electron chi connectivity index (χ4n) is 3.35. The Morgan fingerprint density at radius 1 is 1.19 bits per heavy atom. The van der Waals surface area contributed by atoms with Gasteiger partial charge >= 0.3 is 6.36 Å². The molecule has 0 saturated carbocycles. The highest BCUT2D eigenvalue weighted by atomic mass is 19.4. The van der Waals surface area contributed by atoms with E-state index in [-0.39, 0.29) is 17.8 Å². The second kappa shape index (κ2) is 10.5. The Morgan fingerprint density at radius 2 is 1.94 bits per heavy atom. The lowest BCUT2D eigenvalue weighted by Crippen LogP contribution is -2.40. The van der Waals surface area contributed by atoms with Crippen LogP contribution in [0.4, 0.5) is 13.2 Å². The Bertz CT molecular complexity index is 872. The predicted octanol–water partition coefficient (Wildman–Crippen LogP) is 3.41. The van der Waals surface area contributed by atoms with E-state index in [1.54, 1.807) is 0 Å². The standard InChI is InChI=1S/C22H27F3N4O2/c1-16-14-29(9-10-30-16)15-19-4-2-3-18(11-19)13-28-21(26)27-12-17-5-7-20(8-6-17)31-22(23,24)25/h2-8,11,16H,9-10,12-15H2,1H3,(H3,26,27,28). The van der Waals surface area contributed by atoms with E-state index in [0.717, 1.165) is 37.4 Å². The molecule has 3 rings (SSSR count). The quantitative estimate of drug-likeness (QED) is 0.514. The van der Waals surface area contributed by atoms with E-state index < -0.39 is 6.36 Å². The maximum Gasteiger partial charge on any atom is 0.573 e. The lowest BCUT2D eigenvalue weighted by Gasteiger charge is -2.31. The van der Waals surface area contributed by atoms with Gasteiger partial charge in [-0.3, -0.25) is 4.90 Å². The summed E-state index contributed by atoms with van der Waals surface area (Å²) in [5.41, 5.74) is 8.96. The van der Waals surface area contributed by atoms with Crippen LogP contribution >= 0.6 is 0 Å². The molecular weight excluding hydrogens is 409 g/mol. The molecule has 1 aliphatic heterocycles. The summed E-state index contributed by atoms with van der Waals surface area (Å²) >= 11 is 0. The van der Waals surface area contributed by atoms with E-state index in [4.69, 9.17) is 10.5 Å². The molecule has 1 saturated heterocycles. The lowest BCUT2D eigenvalue weighted by molar-refractivity contribution is -0.274. The first-order valence-electron chi connectivity index (χ1n) is 10.1. The smallest absolute Gasteiger partial charge is 0.406 e. The monoisotopic (exact) mass is 436 g/mol. The SMILES string of the molecule is CC1CN(Cc2cccc(CN=C(N)NCc3ccc(OC(F)(F)F)cc3)c2)CCO1. The molecule has 0 aliphatic carbocycles. The molecule has 6 nitrogen and oxygen atoms in total. The number of hydrogen-bond donors (Lipinski definition) is 2. The maximum absolute atomic E-state index is 12.2. The van der Waals surface area contributed by atoms with Crippen LogP contribution in [0.2, 0.25) is 0 Å². The zero-order valence-corrected chi connectivity index (χ0v) is 17.4. The molecule has 0 aromatic heterocycles. The second-order valence-electron chi connectivity index (χ2n) is 7.48. The maximum atomic E-state index is 12.2. The highest BCUT2D eigenvalue weighted by Gasteiger charge is 2.30. The van der Waals surface area contributed by atoms with Crippen molar-refractivity contribution < 1.29 is 22.6 Å². The molecule has 0 radical (unpaired) electrons. The normalized spacial score (nSPS) is 18.1. The van der Waals surface area contributed by atoms with Gasteiger partial charge in [0.25, 0.3) is 0 Å². The summed E-state index contributed by atoms with van der Waals surface area (Å²) in [7, 11) is 0.